The zero-order valence-electron chi connectivity index (χ0n) is 15.7. The summed E-state index contributed by atoms with van der Waals surface area (Å²) >= 11 is 0. The third-order valence-corrected chi connectivity index (χ3v) is 4.02. The second-order valence-corrected chi connectivity index (χ2v) is 6.68. The van der Waals surface area contributed by atoms with Crippen molar-refractivity contribution in [2.75, 3.05) is 19.8 Å². The van der Waals surface area contributed by atoms with Crippen molar-refractivity contribution in [3.63, 3.8) is 0 Å². The summed E-state index contributed by atoms with van der Waals surface area (Å²) in [6.07, 6.45) is 5.27. The second-order valence-electron chi connectivity index (χ2n) is 6.68. The highest BCUT2D eigenvalue weighted by molar-refractivity contribution is 6.51. The van der Waals surface area contributed by atoms with Crippen LogP contribution in [-0.4, -0.2) is 38.1 Å². The minimum absolute atomic E-state index is 0.338. The number of hydrogen-bond acceptors (Lipinski definition) is 4. The summed E-state index contributed by atoms with van der Waals surface area (Å²) in [5, 5.41) is 0. The van der Waals surface area contributed by atoms with E-state index in [1.807, 2.05) is 34.6 Å². The lowest BCUT2D eigenvalue weighted by atomic mass is 9.89. The minimum atomic E-state index is -0.587. The standard InChI is InChI=1S/C18H30BFO4/c1-7-9-15(20)13-16(22-12-11-21-10-8-2)14-19-23-17(3,4)18(5,6)24-19/h7,9,13-14H,8,10-12H2,1-6H3/b9-7-,15-13+,16-14-. The van der Waals surface area contributed by atoms with Crippen molar-refractivity contribution < 1.29 is 23.2 Å². The van der Waals surface area contributed by atoms with E-state index in [9.17, 15) is 4.39 Å². The summed E-state index contributed by atoms with van der Waals surface area (Å²) in [4.78, 5) is 0. The molecular weight excluding hydrogens is 310 g/mol. The molecule has 1 aliphatic heterocycles. The average Bonchev–Trinajstić information content (AvgIpc) is 2.66. The van der Waals surface area contributed by atoms with Crippen LogP contribution >= 0.6 is 0 Å². The van der Waals surface area contributed by atoms with Crippen molar-refractivity contribution >= 4 is 7.12 Å². The van der Waals surface area contributed by atoms with Gasteiger partial charge < -0.3 is 18.8 Å². The smallest absolute Gasteiger partial charge is 0.490 e. The molecule has 0 spiro atoms. The molecule has 0 aromatic heterocycles. The first-order chi connectivity index (χ1) is 11.2. The molecule has 0 N–H and O–H groups in total. The van der Waals surface area contributed by atoms with Crippen LogP contribution in [0.25, 0.3) is 0 Å². The molecule has 24 heavy (non-hydrogen) atoms. The Morgan fingerprint density at radius 1 is 1.08 bits per heavy atom. The van der Waals surface area contributed by atoms with Crippen molar-refractivity contribution in [1.29, 1.82) is 0 Å². The van der Waals surface area contributed by atoms with E-state index in [2.05, 4.69) is 0 Å². The van der Waals surface area contributed by atoms with E-state index >= 15 is 0 Å². The van der Waals surface area contributed by atoms with Crippen LogP contribution in [0.1, 0.15) is 48.0 Å². The van der Waals surface area contributed by atoms with Gasteiger partial charge in [-0.1, -0.05) is 13.0 Å². The van der Waals surface area contributed by atoms with Gasteiger partial charge in [-0.05, 0) is 53.1 Å². The molecule has 0 aliphatic carbocycles. The third-order valence-electron chi connectivity index (χ3n) is 4.02. The molecule has 0 aromatic rings. The Hall–Kier alpha value is -1.11. The molecule has 0 saturated carbocycles. The first-order valence-electron chi connectivity index (χ1n) is 8.49. The molecule has 0 unspecified atom stereocenters. The maximum Gasteiger partial charge on any atom is 0.490 e. The predicted molar refractivity (Wildman–Crippen MR) is 95.2 cm³/mol. The fourth-order valence-corrected chi connectivity index (χ4v) is 2.04. The van der Waals surface area contributed by atoms with Crippen LogP contribution in [0.3, 0.4) is 0 Å². The van der Waals surface area contributed by atoms with E-state index in [4.69, 9.17) is 18.8 Å². The lowest BCUT2D eigenvalue weighted by Crippen LogP contribution is -2.41. The molecule has 1 heterocycles. The molecule has 4 nitrogen and oxygen atoms in total. The van der Waals surface area contributed by atoms with Crippen LogP contribution in [-0.2, 0) is 18.8 Å². The van der Waals surface area contributed by atoms with Gasteiger partial charge in [-0.2, -0.15) is 0 Å². The Balaban J connectivity index is 2.79. The Bertz CT molecular complexity index is 467. The van der Waals surface area contributed by atoms with Crippen molar-refractivity contribution in [3.8, 4) is 0 Å². The zero-order valence-corrected chi connectivity index (χ0v) is 15.7. The van der Waals surface area contributed by atoms with Crippen LogP contribution in [0, 0.1) is 0 Å². The largest absolute Gasteiger partial charge is 0.492 e. The van der Waals surface area contributed by atoms with E-state index in [-0.39, 0.29) is 0 Å². The van der Waals surface area contributed by atoms with Crippen LogP contribution < -0.4 is 0 Å². The number of halogens is 1. The molecular formula is C18H30BFO4. The predicted octanol–water partition coefficient (Wildman–Crippen LogP) is 4.37. The molecule has 1 saturated heterocycles. The quantitative estimate of drug-likeness (QED) is 0.270. The van der Waals surface area contributed by atoms with E-state index in [1.165, 1.54) is 12.2 Å². The van der Waals surface area contributed by atoms with Crippen LogP contribution in [0.5, 0.6) is 0 Å². The fraction of sp³-hybridized carbons (Fsp3) is 0.667. The normalized spacial score (nSPS) is 20.9. The SMILES string of the molecule is C\C=C/C(F)=C\C(=C\B1OC(C)(C)C(C)(C)O1)OCCOCCC. The van der Waals surface area contributed by atoms with Gasteiger partial charge in [0.05, 0.1) is 17.8 Å². The van der Waals surface area contributed by atoms with Gasteiger partial charge in [-0.3, -0.25) is 0 Å². The summed E-state index contributed by atoms with van der Waals surface area (Å²) in [6.45, 7) is 13.1. The molecule has 6 heteroatoms. The van der Waals surface area contributed by atoms with E-state index in [0.29, 0.717) is 25.6 Å². The fourth-order valence-electron chi connectivity index (χ4n) is 2.04. The maximum absolute atomic E-state index is 13.8. The van der Waals surface area contributed by atoms with Gasteiger partial charge in [0.1, 0.15) is 18.2 Å². The Morgan fingerprint density at radius 2 is 1.71 bits per heavy atom. The van der Waals surface area contributed by atoms with Crippen molar-refractivity contribution in [3.05, 3.63) is 35.8 Å². The Kier molecular flexibility index (Phi) is 8.20. The molecule has 1 fully saturated rings. The van der Waals surface area contributed by atoms with Gasteiger partial charge in [0.15, 0.2) is 0 Å². The topological polar surface area (TPSA) is 36.9 Å². The lowest BCUT2D eigenvalue weighted by molar-refractivity contribution is 0.00578. The van der Waals surface area contributed by atoms with Crippen LogP contribution in [0.15, 0.2) is 35.8 Å². The first-order valence-corrected chi connectivity index (χ1v) is 8.49. The highest BCUT2D eigenvalue weighted by atomic mass is 19.1. The van der Waals surface area contributed by atoms with Crippen molar-refractivity contribution in [2.45, 2.75) is 59.2 Å². The summed E-state index contributed by atoms with van der Waals surface area (Å²) in [5.41, 5.74) is -0.899. The second kappa shape index (κ2) is 9.40. The van der Waals surface area contributed by atoms with Gasteiger partial charge in [0, 0.05) is 12.7 Å². The van der Waals surface area contributed by atoms with Gasteiger partial charge in [0.2, 0.25) is 0 Å². The molecule has 0 radical (unpaired) electrons. The van der Waals surface area contributed by atoms with Gasteiger partial charge in [-0.15, -0.1) is 0 Å². The van der Waals surface area contributed by atoms with E-state index in [1.54, 1.807) is 19.0 Å². The number of ether oxygens (including phenoxy) is 2. The molecule has 0 amide bonds. The van der Waals surface area contributed by atoms with Crippen molar-refractivity contribution in [1.82, 2.24) is 0 Å². The van der Waals surface area contributed by atoms with Crippen LogP contribution in [0.2, 0.25) is 0 Å². The molecule has 1 rings (SSSR count). The minimum Gasteiger partial charge on any atom is -0.492 e. The summed E-state index contributed by atoms with van der Waals surface area (Å²) in [6, 6.07) is 0. The molecule has 136 valence electrons. The lowest BCUT2D eigenvalue weighted by Gasteiger charge is -2.32. The maximum atomic E-state index is 13.8. The van der Waals surface area contributed by atoms with Gasteiger partial charge in [-0.25, -0.2) is 4.39 Å². The number of hydrogen-bond donors (Lipinski definition) is 0. The van der Waals surface area contributed by atoms with Gasteiger partial charge in [0.25, 0.3) is 0 Å². The summed E-state index contributed by atoms with van der Waals surface area (Å²) in [7, 11) is -0.587. The molecule has 0 aromatic carbocycles. The Morgan fingerprint density at radius 3 is 2.25 bits per heavy atom. The zero-order chi connectivity index (χ0) is 18.2. The van der Waals surface area contributed by atoms with Gasteiger partial charge >= 0.3 is 7.12 Å². The van der Waals surface area contributed by atoms with E-state index < -0.39 is 24.1 Å². The number of allylic oxidation sites excluding steroid dienone is 4. The average molecular weight is 340 g/mol. The first kappa shape index (κ1) is 20.9. The number of rotatable bonds is 9. The summed E-state index contributed by atoms with van der Waals surface area (Å²) < 4.78 is 36.6. The van der Waals surface area contributed by atoms with E-state index in [0.717, 1.165) is 6.42 Å². The highest BCUT2D eigenvalue weighted by Gasteiger charge is 2.50. The monoisotopic (exact) mass is 340 g/mol. The van der Waals surface area contributed by atoms with Crippen molar-refractivity contribution in [2.24, 2.45) is 0 Å². The summed E-state index contributed by atoms with van der Waals surface area (Å²) in [5.74, 6) is 1.62. The third kappa shape index (κ3) is 6.42. The molecule has 0 atom stereocenters. The molecule has 1 aliphatic rings. The Labute approximate surface area is 145 Å². The molecule has 0 bridgehead atoms. The van der Waals surface area contributed by atoms with Crippen LogP contribution in [0.4, 0.5) is 4.39 Å². The highest BCUT2D eigenvalue weighted by Crippen LogP contribution is 2.37.